The van der Waals surface area contributed by atoms with Gasteiger partial charge in [-0.3, -0.25) is 10.1 Å². The van der Waals surface area contributed by atoms with Crippen molar-refractivity contribution in [2.45, 2.75) is 6.10 Å². The van der Waals surface area contributed by atoms with E-state index in [1.54, 1.807) is 12.1 Å². The third-order valence-corrected chi connectivity index (χ3v) is 1.98. The van der Waals surface area contributed by atoms with Crippen LogP contribution in [-0.2, 0) is 4.74 Å². The number of ether oxygens (including phenoxy) is 1. The highest BCUT2D eigenvalue weighted by molar-refractivity contribution is 5.48. The second kappa shape index (κ2) is 6.04. The zero-order valence-corrected chi connectivity index (χ0v) is 8.92. The number of aliphatic hydroxyl groups is 1. The van der Waals surface area contributed by atoms with Gasteiger partial charge in [-0.2, -0.15) is 0 Å². The van der Waals surface area contributed by atoms with Gasteiger partial charge in [0, 0.05) is 31.5 Å². The van der Waals surface area contributed by atoms with E-state index >= 15 is 0 Å². The molecular weight excluding hydrogens is 212 g/mol. The van der Waals surface area contributed by atoms with Crippen LogP contribution in [0, 0.1) is 10.1 Å². The van der Waals surface area contributed by atoms with Gasteiger partial charge < -0.3 is 15.2 Å². The van der Waals surface area contributed by atoms with Crippen molar-refractivity contribution in [3.05, 3.63) is 34.4 Å². The van der Waals surface area contributed by atoms with Crippen LogP contribution in [0.2, 0.25) is 0 Å². The first-order valence-corrected chi connectivity index (χ1v) is 4.79. The summed E-state index contributed by atoms with van der Waals surface area (Å²) in [5.74, 6) is 0. The van der Waals surface area contributed by atoms with E-state index in [0.717, 1.165) is 5.69 Å². The van der Waals surface area contributed by atoms with Crippen LogP contribution in [0.15, 0.2) is 24.3 Å². The number of benzene rings is 1. The quantitative estimate of drug-likeness (QED) is 0.558. The first kappa shape index (κ1) is 12.4. The Morgan fingerprint density at radius 3 is 2.62 bits per heavy atom. The Morgan fingerprint density at radius 1 is 1.50 bits per heavy atom. The van der Waals surface area contributed by atoms with Crippen LogP contribution in [0.1, 0.15) is 0 Å². The fourth-order valence-corrected chi connectivity index (χ4v) is 1.19. The number of nitrogens with one attached hydrogen (secondary N) is 1. The fourth-order valence-electron chi connectivity index (χ4n) is 1.19. The highest BCUT2D eigenvalue weighted by atomic mass is 16.6. The van der Waals surface area contributed by atoms with Gasteiger partial charge in [0.1, 0.15) is 0 Å². The summed E-state index contributed by atoms with van der Waals surface area (Å²) in [7, 11) is 1.51. The van der Waals surface area contributed by atoms with E-state index in [-0.39, 0.29) is 12.3 Å². The molecule has 0 aliphatic heterocycles. The largest absolute Gasteiger partial charge is 0.389 e. The normalized spacial score (nSPS) is 12.1. The molecule has 0 bridgehead atoms. The number of nitrogens with zero attached hydrogens (tertiary/aromatic N) is 1. The third kappa shape index (κ3) is 3.84. The van der Waals surface area contributed by atoms with Crippen molar-refractivity contribution >= 4 is 11.4 Å². The third-order valence-electron chi connectivity index (χ3n) is 1.98. The van der Waals surface area contributed by atoms with Crippen LogP contribution >= 0.6 is 0 Å². The van der Waals surface area contributed by atoms with Gasteiger partial charge in [-0.15, -0.1) is 0 Å². The zero-order valence-electron chi connectivity index (χ0n) is 8.92. The number of nitro groups is 1. The standard InChI is InChI=1S/C10H14N2O4/c1-16-7-10(13)6-11-8-2-4-9(5-3-8)12(14)15/h2-5,10-11,13H,6-7H2,1H3/t10-/m1/s1. The van der Waals surface area contributed by atoms with Crippen LogP contribution in [0.25, 0.3) is 0 Å². The van der Waals surface area contributed by atoms with Crippen LogP contribution < -0.4 is 5.32 Å². The Balaban J connectivity index is 2.46. The van der Waals surface area contributed by atoms with Crippen LogP contribution in [-0.4, -0.2) is 36.4 Å². The highest BCUT2D eigenvalue weighted by Crippen LogP contribution is 2.15. The Morgan fingerprint density at radius 2 is 2.12 bits per heavy atom. The summed E-state index contributed by atoms with van der Waals surface area (Å²) in [6.45, 7) is 0.589. The lowest BCUT2D eigenvalue weighted by molar-refractivity contribution is -0.384. The molecule has 6 nitrogen and oxygen atoms in total. The number of methoxy groups -OCH3 is 1. The molecule has 0 aliphatic rings. The summed E-state index contributed by atoms with van der Waals surface area (Å²) in [4.78, 5) is 9.94. The number of aliphatic hydroxyl groups excluding tert-OH is 1. The number of rotatable bonds is 6. The molecule has 0 spiro atoms. The Kier molecular flexibility index (Phi) is 4.68. The highest BCUT2D eigenvalue weighted by Gasteiger charge is 2.05. The molecule has 0 radical (unpaired) electrons. The molecule has 1 rings (SSSR count). The average molecular weight is 226 g/mol. The van der Waals surface area contributed by atoms with E-state index in [4.69, 9.17) is 4.74 Å². The van der Waals surface area contributed by atoms with Crippen LogP contribution in [0.3, 0.4) is 0 Å². The van der Waals surface area contributed by atoms with Gasteiger partial charge in [0.2, 0.25) is 0 Å². The first-order chi connectivity index (χ1) is 7.63. The van der Waals surface area contributed by atoms with E-state index < -0.39 is 11.0 Å². The maximum Gasteiger partial charge on any atom is 0.269 e. The lowest BCUT2D eigenvalue weighted by atomic mass is 10.2. The summed E-state index contributed by atoms with van der Waals surface area (Å²) in [5.41, 5.74) is 0.767. The van der Waals surface area contributed by atoms with Crippen molar-refractivity contribution in [3.63, 3.8) is 0 Å². The van der Waals surface area contributed by atoms with E-state index in [2.05, 4.69) is 5.32 Å². The molecular formula is C10H14N2O4. The monoisotopic (exact) mass is 226 g/mol. The Labute approximate surface area is 93.0 Å². The van der Waals surface area contributed by atoms with Gasteiger partial charge in [-0.1, -0.05) is 0 Å². The number of anilines is 1. The molecule has 0 aromatic heterocycles. The van der Waals surface area contributed by atoms with Gasteiger partial charge in [-0.05, 0) is 12.1 Å². The molecule has 88 valence electrons. The molecule has 1 aromatic carbocycles. The zero-order chi connectivity index (χ0) is 12.0. The molecule has 0 saturated heterocycles. The molecule has 2 N–H and O–H groups in total. The van der Waals surface area contributed by atoms with E-state index in [1.165, 1.54) is 19.2 Å². The molecule has 1 atom stereocenters. The predicted octanol–water partition coefficient (Wildman–Crippen LogP) is 1.01. The van der Waals surface area contributed by atoms with Crippen molar-refractivity contribution in [3.8, 4) is 0 Å². The molecule has 0 heterocycles. The van der Waals surface area contributed by atoms with Gasteiger partial charge in [-0.25, -0.2) is 0 Å². The number of non-ortho nitro benzene ring substituents is 1. The maximum absolute atomic E-state index is 10.4. The van der Waals surface area contributed by atoms with Gasteiger partial charge in [0.05, 0.1) is 17.6 Å². The molecule has 0 saturated carbocycles. The minimum atomic E-state index is -0.597. The lowest BCUT2D eigenvalue weighted by Crippen LogP contribution is -2.24. The van der Waals surface area contributed by atoms with E-state index in [1.807, 2.05) is 0 Å². The summed E-state index contributed by atoms with van der Waals surface area (Å²) in [6.07, 6.45) is -0.597. The SMILES string of the molecule is COC[C@H](O)CNc1ccc([N+](=O)[O-])cc1. The van der Waals surface area contributed by atoms with Gasteiger partial charge in [0.25, 0.3) is 5.69 Å². The lowest BCUT2D eigenvalue weighted by Gasteiger charge is -2.11. The molecule has 0 unspecified atom stereocenters. The van der Waals surface area contributed by atoms with Crippen molar-refractivity contribution in [2.75, 3.05) is 25.6 Å². The van der Waals surface area contributed by atoms with Gasteiger partial charge in [0.15, 0.2) is 0 Å². The minimum Gasteiger partial charge on any atom is -0.389 e. The van der Waals surface area contributed by atoms with Crippen LogP contribution in [0.4, 0.5) is 11.4 Å². The maximum atomic E-state index is 10.4. The number of hydrogen-bond acceptors (Lipinski definition) is 5. The molecule has 16 heavy (non-hydrogen) atoms. The Bertz CT molecular complexity index is 339. The molecule has 0 fully saturated rings. The molecule has 0 aliphatic carbocycles. The van der Waals surface area contributed by atoms with Crippen molar-refractivity contribution in [2.24, 2.45) is 0 Å². The van der Waals surface area contributed by atoms with E-state index in [0.29, 0.717) is 6.54 Å². The number of nitro benzene ring substituents is 1. The van der Waals surface area contributed by atoms with Crippen molar-refractivity contribution in [1.29, 1.82) is 0 Å². The number of hydrogen-bond donors (Lipinski definition) is 2. The summed E-state index contributed by atoms with van der Waals surface area (Å²) < 4.78 is 4.76. The van der Waals surface area contributed by atoms with Crippen molar-refractivity contribution < 1.29 is 14.8 Å². The summed E-state index contributed by atoms with van der Waals surface area (Å²) >= 11 is 0. The smallest absolute Gasteiger partial charge is 0.269 e. The topological polar surface area (TPSA) is 84.6 Å². The fraction of sp³-hybridized carbons (Fsp3) is 0.400. The minimum absolute atomic E-state index is 0.0444. The Hall–Kier alpha value is -1.66. The summed E-state index contributed by atoms with van der Waals surface area (Å²) in [5, 5.41) is 22.7. The second-order valence-electron chi connectivity index (χ2n) is 3.29. The summed E-state index contributed by atoms with van der Waals surface area (Å²) in [6, 6.07) is 6.01. The molecule has 6 heteroatoms. The predicted molar refractivity (Wildman–Crippen MR) is 59.5 cm³/mol. The first-order valence-electron chi connectivity index (χ1n) is 4.79. The van der Waals surface area contributed by atoms with E-state index in [9.17, 15) is 15.2 Å². The molecule has 1 aromatic rings. The average Bonchev–Trinajstić information content (AvgIpc) is 2.27. The van der Waals surface area contributed by atoms with Crippen LogP contribution in [0.5, 0.6) is 0 Å². The van der Waals surface area contributed by atoms with Gasteiger partial charge >= 0.3 is 0 Å². The van der Waals surface area contributed by atoms with Crippen molar-refractivity contribution in [1.82, 2.24) is 0 Å². The second-order valence-corrected chi connectivity index (χ2v) is 3.29. The molecule has 0 amide bonds.